The van der Waals surface area contributed by atoms with Crippen LogP contribution in [0.1, 0.15) is 11.4 Å². The van der Waals surface area contributed by atoms with Crippen molar-refractivity contribution >= 4 is 17.2 Å². The lowest BCUT2D eigenvalue weighted by atomic mass is 10.3. The Labute approximate surface area is 86.7 Å². The molecule has 0 fully saturated rings. The van der Waals surface area contributed by atoms with Crippen molar-refractivity contribution in [1.29, 1.82) is 0 Å². The van der Waals surface area contributed by atoms with E-state index in [9.17, 15) is 0 Å². The highest BCUT2D eigenvalue weighted by molar-refractivity contribution is 6.33. The molecular weight excluding hydrogens is 200 g/mol. The second-order valence-electron chi connectivity index (χ2n) is 3.20. The molecule has 4 nitrogen and oxygen atoms in total. The number of fused-ring (bicyclic) bond motifs is 1. The lowest BCUT2D eigenvalue weighted by molar-refractivity contribution is 0.842. The molecule has 2 N–H and O–H groups in total. The summed E-state index contributed by atoms with van der Waals surface area (Å²) in [6.45, 7) is 2.52. The predicted molar refractivity (Wildman–Crippen MR) is 55.5 cm³/mol. The molecule has 0 saturated heterocycles. The molecule has 2 aromatic heterocycles. The van der Waals surface area contributed by atoms with E-state index in [1.165, 1.54) is 0 Å². The van der Waals surface area contributed by atoms with Crippen LogP contribution >= 0.6 is 11.6 Å². The summed E-state index contributed by atoms with van der Waals surface area (Å²) >= 11 is 6.02. The molecule has 2 rings (SSSR count). The third-order valence-electron chi connectivity index (χ3n) is 1.94. The first-order valence-corrected chi connectivity index (χ1v) is 4.80. The van der Waals surface area contributed by atoms with E-state index < -0.39 is 0 Å². The summed E-state index contributed by atoms with van der Waals surface area (Å²) in [5.41, 5.74) is 7.18. The second-order valence-corrected chi connectivity index (χ2v) is 3.61. The van der Waals surface area contributed by atoms with Crippen LogP contribution in [0, 0.1) is 6.92 Å². The number of nitrogens with two attached hydrogens (primary N) is 1. The van der Waals surface area contributed by atoms with Crippen molar-refractivity contribution in [3.8, 4) is 0 Å². The number of nitrogens with zero attached hydrogens (tertiary/aromatic N) is 3. The predicted octanol–water partition coefficient (Wildman–Crippen LogP) is 1.19. The molecule has 0 aromatic carbocycles. The SMILES string of the molecule is Cc1cc(Cl)c2nc(CCN)nn2c1. The Morgan fingerprint density at radius 1 is 1.57 bits per heavy atom. The molecule has 2 aromatic rings. The van der Waals surface area contributed by atoms with Crippen molar-refractivity contribution in [1.82, 2.24) is 14.6 Å². The van der Waals surface area contributed by atoms with Gasteiger partial charge in [0.2, 0.25) is 0 Å². The third kappa shape index (κ3) is 1.58. The van der Waals surface area contributed by atoms with Crippen LogP contribution in [0.5, 0.6) is 0 Å². The van der Waals surface area contributed by atoms with E-state index in [0.717, 1.165) is 11.4 Å². The van der Waals surface area contributed by atoms with Crippen molar-refractivity contribution in [3.05, 3.63) is 28.7 Å². The van der Waals surface area contributed by atoms with Gasteiger partial charge in [-0.25, -0.2) is 9.50 Å². The Morgan fingerprint density at radius 3 is 3.07 bits per heavy atom. The van der Waals surface area contributed by atoms with E-state index in [-0.39, 0.29) is 0 Å². The average molecular weight is 211 g/mol. The van der Waals surface area contributed by atoms with Gasteiger partial charge in [0.05, 0.1) is 5.02 Å². The molecule has 2 heterocycles. The van der Waals surface area contributed by atoms with Crippen molar-refractivity contribution < 1.29 is 0 Å². The van der Waals surface area contributed by atoms with Gasteiger partial charge >= 0.3 is 0 Å². The number of halogens is 1. The minimum absolute atomic E-state index is 0.549. The fraction of sp³-hybridized carbons (Fsp3) is 0.333. The number of pyridine rings is 1. The molecule has 0 aliphatic carbocycles. The molecule has 74 valence electrons. The molecular formula is C9H11ClN4. The largest absolute Gasteiger partial charge is 0.330 e. The first-order chi connectivity index (χ1) is 6.70. The van der Waals surface area contributed by atoms with Crippen LogP contribution in [0.4, 0.5) is 0 Å². The molecule has 0 aliphatic heterocycles. The van der Waals surface area contributed by atoms with Crippen LogP contribution < -0.4 is 5.73 Å². The van der Waals surface area contributed by atoms with E-state index in [1.807, 2.05) is 19.2 Å². The van der Waals surface area contributed by atoms with E-state index >= 15 is 0 Å². The Balaban J connectivity index is 2.58. The molecule has 0 saturated carbocycles. The van der Waals surface area contributed by atoms with Gasteiger partial charge in [0.25, 0.3) is 0 Å². The maximum Gasteiger partial charge on any atom is 0.174 e. The lowest BCUT2D eigenvalue weighted by Crippen LogP contribution is -2.04. The monoisotopic (exact) mass is 210 g/mol. The lowest BCUT2D eigenvalue weighted by Gasteiger charge is -1.95. The summed E-state index contributed by atoms with van der Waals surface area (Å²) in [6, 6.07) is 1.87. The molecule has 0 aliphatic rings. The Kier molecular flexibility index (Phi) is 2.39. The minimum atomic E-state index is 0.549. The number of aromatic nitrogens is 3. The van der Waals surface area contributed by atoms with Crippen molar-refractivity contribution in [3.63, 3.8) is 0 Å². The topological polar surface area (TPSA) is 56.2 Å². The van der Waals surface area contributed by atoms with Crippen LogP contribution in [0.2, 0.25) is 5.02 Å². The Morgan fingerprint density at radius 2 is 2.36 bits per heavy atom. The summed E-state index contributed by atoms with van der Waals surface area (Å²) < 4.78 is 1.70. The molecule has 0 atom stereocenters. The molecule has 0 amide bonds. The van der Waals surface area contributed by atoms with E-state index in [4.69, 9.17) is 17.3 Å². The zero-order valence-corrected chi connectivity index (χ0v) is 8.62. The fourth-order valence-corrected chi connectivity index (χ4v) is 1.65. The van der Waals surface area contributed by atoms with Gasteiger partial charge in [-0.3, -0.25) is 0 Å². The highest BCUT2D eigenvalue weighted by atomic mass is 35.5. The standard InChI is InChI=1S/C9H11ClN4/c1-6-4-7(10)9-12-8(2-3-11)13-14(9)5-6/h4-5H,2-3,11H2,1H3. The smallest absolute Gasteiger partial charge is 0.174 e. The summed E-state index contributed by atoms with van der Waals surface area (Å²) in [5, 5.41) is 4.89. The van der Waals surface area contributed by atoms with Gasteiger partial charge in [-0.2, -0.15) is 5.10 Å². The van der Waals surface area contributed by atoms with Gasteiger partial charge in [0.15, 0.2) is 11.5 Å². The van der Waals surface area contributed by atoms with Gasteiger partial charge in [0, 0.05) is 12.6 Å². The second kappa shape index (κ2) is 3.55. The highest BCUT2D eigenvalue weighted by Gasteiger charge is 2.06. The molecule has 0 bridgehead atoms. The summed E-state index contributed by atoms with van der Waals surface area (Å²) in [6.07, 6.45) is 2.57. The zero-order valence-electron chi connectivity index (χ0n) is 7.87. The number of hydrogen-bond acceptors (Lipinski definition) is 3. The van der Waals surface area contributed by atoms with Gasteiger partial charge in [-0.15, -0.1) is 0 Å². The van der Waals surface area contributed by atoms with E-state index in [0.29, 0.717) is 23.6 Å². The quantitative estimate of drug-likeness (QED) is 0.810. The zero-order chi connectivity index (χ0) is 10.1. The summed E-state index contributed by atoms with van der Waals surface area (Å²) in [7, 11) is 0. The van der Waals surface area contributed by atoms with E-state index in [1.54, 1.807) is 4.52 Å². The van der Waals surface area contributed by atoms with Crippen molar-refractivity contribution in [2.24, 2.45) is 5.73 Å². The van der Waals surface area contributed by atoms with Crippen LogP contribution in [0.3, 0.4) is 0 Å². The maximum atomic E-state index is 6.02. The average Bonchev–Trinajstić information content (AvgIpc) is 2.48. The van der Waals surface area contributed by atoms with Crippen LogP contribution in [0.25, 0.3) is 5.65 Å². The van der Waals surface area contributed by atoms with Crippen molar-refractivity contribution in [2.75, 3.05) is 6.54 Å². The summed E-state index contributed by atoms with van der Waals surface area (Å²) in [4.78, 5) is 4.28. The minimum Gasteiger partial charge on any atom is -0.330 e. The van der Waals surface area contributed by atoms with Crippen molar-refractivity contribution in [2.45, 2.75) is 13.3 Å². The molecule has 14 heavy (non-hydrogen) atoms. The van der Waals surface area contributed by atoms with Gasteiger partial charge in [-0.1, -0.05) is 11.6 Å². The Hall–Kier alpha value is -1.13. The molecule has 0 unspecified atom stereocenters. The normalized spacial score (nSPS) is 11.1. The van der Waals surface area contributed by atoms with Crippen LogP contribution in [0.15, 0.2) is 12.3 Å². The fourth-order valence-electron chi connectivity index (χ4n) is 1.35. The highest BCUT2D eigenvalue weighted by Crippen LogP contribution is 2.16. The Bertz CT molecular complexity index is 463. The number of hydrogen-bond donors (Lipinski definition) is 1. The number of rotatable bonds is 2. The molecule has 5 heteroatoms. The van der Waals surface area contributed by atoms with Gasteiger partial charge < -0.3 is 5.73 Å². The number of aryl methyl sites for hydroxylation is 1. The van der Waals surface area contributed by atoms with Gasteiger partial charge in [0.1, 0.15) is 0 Å². The maximum absolute atomic E-state index is 6.02. The third-order valence-corrected chi connectivity index (χ3v) is 2.22. The molecule has 0 spiro atoms. The van der Waals surface area contributed by atoms with E-state index in [2.05, 4.69) is 10.1 Å². The molecule has 0 radical (unpaired) electrons. The first-order valence-electron chi connectivity index (χ1n) is 4.42. The van der Waals surface area contributed by atoms with Crippen LogP contribution in [-0.2, 0) is 6.42 Å². The first kappa shape index (κ1) is 9.43. The van der Waals surface area contributed by atoms with Gasteiger partial charge in [-0.05, 0) is 25.1 Å². The summed E-state index contributed by atoms with van der Waals surface area (Å²) in [5.74, 6) is 0.736. The van der Waals surface area contributed by atoms with Crippen LogP contribution in [-0.4, -0.2) is 21.1 Å².